The van der Waals surface area contributed by atoms with Crippen LogP contribution in [-0.2, 0) is 0 Å². The van der Waals surface area contributed by atoms with Gasteiger partial charge >= 0.3 is 0 Å². The van der Waals surface area contributed by atoms with Gasteiger partial charge in [0.2, 0.25) is 5.95 Å². The van der Waals surface area contributed by atoms with E-state index in [1.54, 1.807) is 0 Å². The monoisotopic (exact) mass is 185 g/mol. The number of nitrogens with zero attached hydrogens (tertiary/aromatic N) is 3. The number of aromatic amines is 1. The van der Waals surface area contributed by atoms with Gasteiger partial charge in [0.25, 0.3) is 0 Å². The fourth-order valence-corrected chi connectivity index (χ4v) is 1.79. The molecule has 1 aromatic rings. The molecule has 0 amide bonds. The molecule has 0 unspecified atom stereocenters. The normalized spacial score (nSPS) is 19.4. The number of anilines is 1. The zero-order chi connectivity index (χ0) is 8.72. The molecular formula is C6H11N5S. The molecule has 0 saturated carbocycles. The van der Waals surface area contributed by atoms with Gasteiger partial charge in [0.1, 0.15) is 0 Å². The number of H-pyrrole nitrogens is 1. The summed E-state index contributed by atoms with van der Waals surface area (Å²) in [5.74, 6) is 0.484. The van der Waals surface area contributed by atoms with Gasteiger partial charge in [-0.1, -0.05) is 0 Å². The van der Waals surface area contributed by atoms with E-state index in [0.29, 0.717) is 16.8 Å². The quantitative estimate of drug-likeness (QED) is 0.605. The second-order valence-corrected chi connectivity index (χ2v) is 3.52. The molecule has 1 aliphatic heterocycles. The Balaban J connectivity index is 2.28. The lowest BCUT2D eigenvalue weighted by atomic mass is 10.1. The van der Waals surface area contributed by atoms with Gasteiger partial charge < -0.3 is 10.6 Å². The van der Waals surface area contributed by atoms with Crippen molar-refractivity contribution in [2.24, 2.45) is 0 Å². The number of nitrogen functional groups attached to an aromatic ring is 1. The Morgan fingerprint density at radius 1 is 1.67 bits per heavy atom. The van der Waals surface area contributed by atoms with Crippen molar-refractivity contribution in [1.29, 1.82) is 0 Å². The van der Waals surface area contributed by atoms with Crippen molar-refractivity contribution in [3.63, 3.8) is 0 Å². The van der Waals surface area contributed by atoms with E-state index in [1.807, 2.05) is 4.57 Å². The maximum absolute atomic E-state index is 5.63. The molecule has 1 aliphatic rings. The van der Waals surface area contributed by atoms with E-state index in [1.165, 1.54) is 0 Å². The molecule has 12 heavy (non-hydrogen) atoms. The van der Waals surface area contributed by atoms with Gasteiger partial charge in [0.05, 0.1) is 6.04 Å². The molecule has 0 aliphatic carbocycles. The summed E-state index contributed by atoms with van der Waals surface area (Å²) in [6, 6.07) is 0.404. The molecule has 2 heterocycles. The minimum atomic E-state index is 0.404. The first-order chi connectivity index (χ1) is 5.68. The van der Waals surface area contributed by atoms with Crippen molar-refractivity contribution in [3.05, 3.63) is 4.77 Å². The van der Waals surface area contributed by atoms with Gasteiger partial charge in [-0.3, -0.25) is 4.57 Å². The van der Waals surface area contributed by atoms with E-state index >= 15 is 0 Å². The van der Waals surface area contributed by atoms with Crippen molar-refractivity contribution in [2.45, 2.75) is 6.04 Å². The van der Waals surface area contributed by atoms with Crippen LogP contribution in [0, 0.1) is 4.77 Å². The molecule has 0 atom stereocenters. The lowest BCUT2D eigenvalue weighted by Gasteiger charge is -2.36. The van der Waals surface area contributed by atoms with Crippen LogP contribution in [0.2, 0.25) is 0 Å². The van der Waals surface area contributed by atoms with Crippen LogP contribution in [0.3, 0.4) is 0 Å². The average molecular weight is 185 g/mol. The number of aromatic nitrogens is 3. The van der Waals surface area contributed by atoms with Gasteiger partial charge in [-0.15, -0.1) is 5.10 Å². The Labute approximate surface area is 75.2 Å². The third-order valence-corrected chi connectivity index (χ3v) is 2.43. The molecule has 0 aromatic carbocycles. The number of nitrogens with two attached hydrogens (primary N) is 1. The van der Waals surface area contributed by atoms with Crippen molar-refractivity contribution in [3.8, 4) is 0 Å². The number of nitrogens with one attached hydrogen (secondary N) is 1. The third kappa shape index (κ3) is 1.03. The number of likely N-dealkylation sites (tertiary alicyclic amines) is 1. The molecule has 1 fully saturated rings. The Morgan fingerprint density at radius 3 is 2.75 bits per heavy atom. The second-order valence-electron chi connectivity index (χ2n) is 3.13. The largest absolute Gasteiger partial charge is 0.368 e. The van der Waals surface area contributed by atoms with Crippen LogP contribution in [0.15, 0.2) is 0 Å². The molecule has 0 radical (unpaired) electrons. The van der Waals surface area contributed by atoms with Crippen molar-refractivity contribution in [2.75, 3.05) is 25.9 Å². The lowest BCUT2D eigenvalue weighted by molar-refractivity contribution is 0.141. The molecule has 5 nitrogen and oxygen atoms in total. The highest BCUT2D eigenvalue weighted by Crippen LogP contribution is 2.21. The molecule has 1 saturated heterocycles. The minimum absolute atomic E-state index is 0.404. The van der Waals surface area contributed by atoms with Gasteiger partial charge in [-0.25, -0.2) is 5.10 Å². The number of hydrogen-bond donors (Lipinski definition) is 2. The lowest BCUT2D eigenvalue weighted by Crippen LogP contribution is -2.45. The van der Waals surface area contributed by atoms with Gasteiger partial charge in [0.15, 0.2) is 4.77 Å². The van der Waals surface area contributed by atoms with E-state index in [9.17, 15) is 0 Å². The van der Waals surface area contributed by atoms with E-state index in [4.69, 9.17) is 18.0 Å². The molecule has 6 heteroatoms. The molecular weight excluding hydrogens is 174 g/mol. The van der Waals surface area contributed by atoms with E-state index in [-0.39, 0.29) is 0 Å². The summed E-state index contributed by atoms with van der Waals surface area (Å²) in [7, 11) is 2.07. The smallest absolute Gasteiger partial charge is 0.220 e. The first-order valence-electron chi connectivity index (χ1n) is 3.79. The topological polar surface area (TPSA) is 62.9 Å². The van der Waals surface area contributed by atoms with Crippen molar-refractivity contribution >= 4 is 18.2 Å². The third-order valence-electron chi connectivity index (χ3n) is 2.14. The highest BCUT2D eigenvalue weighted by atomic mass is 32.1. The standard InChI is InChI=1S/C6H11N5S/c1-10-2-4(3-10)11-5(7)8-9-6(11)12/h4H,2-3H2,1H3,(H2,7,8)(H,9,12). The summed E-state index contributed by atoms with van der Waals surface area (Å²) in [4.78, 5) is 2.21. The average Bonchev–Trinajstić information content (AvgIpc) is 2.26. The zero-order valence-electron chi connectivity index (χ0n) is 6.82. The summed E-state index contributed by atoms with van der Waals surface area (Å²) in [6.07, 6.45) is 0. The number of rotatable bonds is 1. The van der Waals surface area contributed by atoms with Crippen molar-refractivity contribution in [1.82, 2.24) is 19.7 Å². The van der Waals surface area contributed by atoms with Crippen LogP contribution in [-0.4, -0.2) is 39.8 Å². The van der Waals surface area contributed by atoms with Gasteiger partial charge in [0, 0.05) is 13.1 Å². The number of likely N-dealkylation sites (N-methyl/N-ethyl adjacent to an activating group) is 1. The first-order valence-corrected chi connectivity index (χ1v) is 4.20. The van der Waals surface area contributed by atoms with Crippen LogP contribution in [0.4, 0.5) is 5.95 Å². The van der Waals surface area contributed by atoms with E-state index in [2.05, 4.69) is 22.1 Å². The SMILES string of the molecule is CN1CC(n2c(N)n[nH]c2=S)C1. The van der Waals surface area contributed by atoms with Crippen molar-refractivity contribution < 1.29 is 0 Å². The Hall–Kier alpha value is -0.880. The molecule has 3 N–H and O–H groups in total. The Morgan fingerprint density at radius 2 is 2.33 bits per heavy atom. The molecule has 1 aromatic heterocycles. The summed E-state index contributed by atoms with van der Waals surface area (Å²) in [5, 5.41) is 6.52. The maximum atomic E-state index is 5.63. The van der Waals surface area contributed by atoms with E-state index in [0.717, 1.165) is 13.1 Å². The van der Waals surface area contributed by atoms with E-state index < -0.39 is 0 Å². The predicted octanol–water partition coefficient (Wildman–Crippen LogP) is 0.00939. The summed E-state index contributed by atoms with van der Waals surface area (Å²) in [5.41, 5.74) is 5.63. The fourth-order valence-electron chi connectivity index (χ4n) is 1.50. The molecule has 0 bridgehead atoms. The molecule has 2 rings (SSSR count). The Kier molecular flexibility index (Phi) is 1.66. The first kappa shape index (κ1) is 7.75. The van der Waals surface area contributed by atoms with Crippen LogP contribution in [0.25, 0.3) is 0 Å². The minimum Gasteiger partial charge on any atom is -0.368 e. The van der Waals surface area contributed by atoms with Crippen LogP contribution in [0.1, 0.15) is 6.04 Å². The molecule has 0 spiro atoms. The fraction of sp³-hybridized carbons (Fsp3) is 0.667. The predicted molar refractivity (Wildman–Crippen MR) is 48.4 cm³/mol. The number of hydrogen-bond acceptors (Lipinski definition) is 4. The van der Waals surface area contributed by atoms with Gasteiger partial charge in [-0.2, -0.15) is 0 Å². The summed E-state index contributed by atoms with van der Waals surface area (Å²) in [6.45, 7) is 2.00. The second kappa shape index (κ2) is 2.56. The van der Waals surface area contributed by atoms with Crippen LogP contribution in [0.5, 0.6) is 0 Å². The van der Waals surface area contributed by atoms with Crippen LogP contribution < -0.4 is 5.73 Å². The summed E-state index contributed by atoms with van der Waals surface area (Å²) < 4.78 is 2.49. The highest BCUT2D eigenvalue weighted by Gasteiger charge is 2.26. The van der Waals surface area contributed by atoms with Crippen LogP contribution >= 0.6 is 12.2 Å². The highest BCUT2D eigenvalue weighted by molar-refractivity contribution is 7.71. The zero-order valence-corrected chi connectivity index (χ0v) is 7.64. The maximum Gasteiger partial charge on any atom is 0.220 e. The Bertz CT molecular complexity index is 334. The van der Waals surface area contributed by atoms with Gasteiger partial charge in [-0.05, 0) is 19.3 Å². The molecule has 66 valence electrons. The summed E-state index contributed by atoms with van der Waals surface area (Å²) >= 11 is 5.03.